The van der Waals surface area contributed by atoms with Crippen LogP contribution in [0.25, 0.3) is 0 Å². The van der Waals surface area contributed by atoms with Gasteiger partial charge in [-0.1, -0.05) is 272 Å². The lowest BCUT2D eigenvalue weighted by Crippen LogP contribution is -2.64. The highest BCUT2D eigenvalue weighted by molar-refractivity contribution is 6.14. The summed E-state index contributed by atoms with van der Waals surface area (Å²) in [6, 6.07) is 0. The number of unbranched alkanes of at least 4 members (excludes halogenated alkanes) is 36. The molecule has 0 radical (unpaired) electrons. The minimum atomic E-state index is -2.16. The third-order valence-corrected chi connectivity index (χ3v) is 14.4. The summed E-state index contributed by atoms with van der Waals surface area (Å²) in [7, 11) is 0. The van der Waals surface area contributed by atoms with E-state index in [1.807, 2.05) is 0 Å². The average molecular weight is 933 g/mol. The summed E-state index contributed by atoms with van der Waals surface area (Å²) in [6.07, 6.45) is 46.4. The Morgan fingerprint density at radius 1 is 0.258 bits per heavy atom. The minimum absolute atomic E-state index is 0.0125. The molecular formula is C58H108O8. The fourth-order valence-electron chi connectivity index (χ4n) is 9.99. The van der Waals surface area contributed by atoms with Gasteiger partial charge < -0.3 is 18.9 Å². The van der Waals surface area contributed by atoms with Crippen molar-refractivity contribution in [2.24, 2.45) is 10.8 Å². The summed E-state index contributed by atoms with van der Waals surface area (Å²) in [5.74, 6) is -3.34. The number of carbonyl (C=O) groups is 4. The Morgan fingerprint density at radius 2 is 0.409 bits per heavy atom. The molecule has 1 aliphatic rings. The SMILES string of the molecule is CCCCCCCCCCCCOC(=O)C1(C(=O)OCCCCCCCCCCCC)CCCCC1(C(=O)OCCCCCCCCCCCC)C(=O)OCCCCCCCCCCCC. The van der Waals surface area contributed by atoms with E-state index in [2.05, 4.69) is 27.7 Å². The average Bonchev–Trinajstić information content (AvgIpc) is 3.32. The van der Waals surface area contributed by atoms with Crippen molar-refractivity contribution >= 4 is 23.9 Å². The van der Waals surface area contributed by atoms with E-state index in [1.165, 1.54) is 154 Å². The monoisotopic (exact) mass is 933 g/mol. The molecule has 0 aromatic rings. The van der Waals surface area contributed by atoms with Crippen LogP contribution in [0, 0.1) is 10.8 Å². The van der Waals surface area contributed by atoms with Crippen LogP contribution in [0.15, 0.2) is 0 Å². The summed E-state index contributed by atoms with van der Waals surface area (Å²) in [4.78, 5) is 58.9. The molecule has 0 saturated heterocycles. The van der Waals surface area contributed by atoms with Crippen LogP contribution >= 0.6 is 0 Å². The lowest BCUT2D eigenvalue weighted by Gasteiger charge is -2.45. The van der Waals surface area contributed by atoms with Gasteiger partial charge >= 0.3 is 23.9 Å². The standard InChI is InChI=1S/C58H108O8/c1-5-9-13-17-21-25-29-33-37-43-49-63-53(59)57(54(60)64-50-44-38-34-30-26-22-18-14-10-6-2)47-41-42-48-58(57,55(61)65-51-45-39-35-31-27-23-19-15-11-7-3)56(62)66-52-46-40-36-32-28-24-20-16-12-8-4/h5-52H2,1-4H3. The first-order valence-electron chi connectivity index (χ1n) is 29.1. The van der Waals surface area contributed by atoms with Crippen molar-refractivity contribution in [3.05, 3.63) is 0 Å². The van der Waals surface area contributed by atoms with Crippen LogP contribution in [0.1, 0.15) is 310 Å². The fraction of sp³-hybridized carbons (Fsp3) is 0.931. The predicted octanol–water partition coefficient (Wildman–Crippen LogP) is 17.4. The Morgan fingerprint density at radius 3 is 0.576 bits per heavy atom. The highest BCUT2D eigenvalue weighted by Crippen LogP contribution is 2.54. The summed E-state index contributed by atoms with van der Waals surface area (Å²) in [5, 5.41) is 0. The Hall–Kier alpha value is -2.12. The Kier molecular flexibility index (Phi) is 41.4. The van der Waals surface area contributed by atoms with Gasteiger partial charge in [-0.25, -0.2) is 0 Å². The van der Waals surface area contributed by atoms with Crippen LogP contribution in [0.4, 0.5) is 0 Å². The third kappa shape index (κ3) is 27.2. The van der Waals surface area contributed by atoms with Gasteiger partial charge in [-0.15, -0.1) is 0 Å². The van der Waals surface area contributed by atoms with Gasteiger partial charge in [0.25, 0.3) is 0 Å². The number of rotatable bonds is 48. The molecule has 0 unspecified atom stereocenters. The first-order valence-corrected chi connectivity index (χ1v) is 29.1. The second kappa shape index (κ2) is 44.1. The van der Waals surface area contributed by atoms with Crippen molar-refractivity contribution in [3.8, 4) is 0 Å². The summed E-state index contributed by atoms with van der Waals surface area (Å²) < 4.78 is 24.0. The van der Waals surface area contributed by atoms with Gasteiger partial charge in [0.1, 0.15) is 0 Å². The molecule has 0 heterocycles. The summed E-state index contributed by atoms with van der Waals surface area (Å²) >= 11 is 0. The van der Waals surface area contributed by atoms with Crippen molar-refractivity contribution < 1.29 is 38.1 Å². The number of hydrogen-bond acceptors (Lipinski definition) is 8. The smallest absolute Gasteiger partial charge is 0.325 e. The van der Waals surface area contributed by atoms with Gasteiger partial charge in [-0.2, -0.15) is 0 Å². The topological polar surface area (TPSA) is 105 Å². The molecule has 0 atom stereocenters. The van der Waals surface area contributed by atoms with E-state index >= 15 is 0 Å². The molecule has 0 bridgehead atoms. The van der Waals surface area contributed by atoms with E-state index < -0.39 is 34.7 Å². The summed E-state index contributed by atoms with van der Waals surface area (Å²) in [6.45, 7) is 9.45. The van der Waals surface area contributed by atoms with Gasteiger partial charge in [-0.3, -0.25) is 19.2 Å². The predicted molar refractivity (Wildman–Crippen MR) is 275 cm³/mol. The molecule has 1 aliphatic carbocycles. The minimum Gasteiger partial charge on any atom is -0.465 e. The Bertz CT molecular complexity index is 988. The molecule has 8 nitrogen and oxygen atoms in total. The van der Waals surface area contributed by atoms with Crippen molar-refractivity contribution in [1.29, 1.82) is 0 Å². The normalized spacial score (nSPS) is 14.2. The molecule has 0 spiro atoms. The second-order valence-electron chi connectivity index (χ2n) is 20.3. The molecule has 0 aliphatic heterocycles. The van der Waals surface area contributed by atoms with E-state index in [-0.39, 0.29) is 39.3 Å². The second-order valence-corrected chi connectivity index (χ2v) is 20.3. The molecule has 0 aromatic heterocycles. The van der Waals surface area contributed by atoms with Gasteiger partial charge in [0, 0.05) is 0 Å². The van der Waals surface area contributed by atoms with E-state index in [0.717, 1.165) is 77.0 Å². The lowest BCUT2D eigenvalue weighted by atomic mass is 9.55. The van der Waals surface area contributed by atoms with Crippen molar-refractivity contribution in [2.75, 3.05) is 26.4 Å². The Labute approximate surface area is 408 Å². The van der Waals surface area contributed by atoms with E-state index in [4.69, 9.17) is 18.9 Å². The molecule has 0 aromatic carbocycles. The first-order chi connectivity index (χ1) is 32.4. The molecule has 1 saturated carbocycles. The van der Waals surface area contributed by atoms with Crippen molar-refractivity contribution in [1.82, 2.24) is 0 Å². The molecular weight excluding hydrogens is 825 g/mol. The highest BCUT2D eigenvalue weighted by atomic mass is 16.6. The zero-order valence-corrected chi connectivity index (χ0v) is 44.2. The van der Waals surface area contributed by atoms with Gasteiger partial charge in [-0.05, 0) is 38.5 Å². The molecule has 0 N–H and O–H groups in total. The molecule has 0 amide bonds. The van der Waals surface area contributed by atoms with Crippen molar-refractivity contribution in [3.63, 3.8) is 0 Å². The van der Waals surface area contributed by atoms with Crippen LogP contribution in [0.3, 0.4) is 0 Å². The maximum atomic E-state index is 14.7. The third-order valence-electron chi connectivity index (χ3n) is 14.4. The van der Waals surface area contributed by atoms with Crippen LogP contribution < -0.4 is 0 Å². The van der Waals surface area contributed by atoms with Gasteiger partial charge in [0.05, 0.1) is 26.4 Å². The van der Waals surface area contributed by atoms with Gasteiger partial charge in [0.15, 0.2) is 10.8 Å². The molecule has 1 fully saturated rings. The number of carbonyl (C=O) groups excluding carboxylic acids is 4. The van der Waals surface area contributed by atoms with E-state index in [9.17, 15) is 19.2 Å². The quantitative estimate of drug-likeness (QED) is 0.0257. The Balaban J connectivity index is 3.16. The highest BCUT2D eigenvalue weighted by Gasteiger charge is 2.73. The van der Waals surface area contributed by atoms with Crippen LogP contribution in [-0.2, 0) is 38.1 Å². The molecule has 66 heavy (non-hydrogen) atoms. The number of hydrogen-bond donors (Lipinski definition) is 0. The van der Waals surface area contributed by atoms with E-state index in [0.29, 0.717) is 38.5 Å². The fourth-order valence-corrected chi connectivity index (χ4v) is 9.99. The maximum Gasteiger partial charge on any atom is 0.325 e. The lowest BCUT2D eigenvalue weighted by molar-refractivity contribution is -0.209. The molecule has 388 valence electrons. The van der Waals surface area contributed by atoms with Gasteiger partial charge in [0.2, 0.25) is 0 Å². The molecule has 1 rings (SSSR count). The van der Waals surface area contributed by atoms with Crippen molar-refractivity contribution in [2.45, 2.75) is 310 Å². The number of ether oxygens (including phenoxy) is 4. The number of esters is 4. The maximum absolute atomic E-state index is 14.7. The van der Waals surface area contributed by atoms with Crippen LogP contribution in [-0.4, -0.2) is 50.3 Å². The van der Waals surface area contributed by atoms with Crippen LogP contribution in [0.5, 0.6) is 0 Å². The van der Waals surface area contributed by atoms with Crippen LogP contribution in [0.2, 0.25) is 0 Å². The largest absolute Gasteiger partial charge is 0.465 e. The zero-order valence-electron chi connectivity index (χ0n) is 44.2. The zero-order chi connectivity index (χ0) is 48.1. The van der Waals surface area contributed by atoms with E-state index in [1.54, 1.807) is 0 Å². The summed E-state index contributed by atoms with van der Waals surface area (Å²) in [5.41, 5.74) is -4.32. The first kappa shape index (κ1) is 61.9. The molecule has 8 heteroatoms.